The fourth-order valence-electron chi connectivity index (χ4n) is 1.47. The van der Waals surface area contributed by atoms with Gasteiger partial charge in [0.25, 0.3) is 0 Å². The van der Waals surface area contributed by atoms with Crippen LogP contribution < -0.4 is 0 Å². The van der Waals surface area contributed by atoms with Crippen LogP contribution in [0, 0.1) is 5.82 Å². The Labute approximate surface area is 96.3 Å². The monoisotopic (exact) mass is 237 g/mol. The van der Waals surface area contributed by atoms with Gasteiger partial charge in [0.05, 0.1) is 10.6 Å². The molecule has 0 amide bonds. The zero-order valence-corrected chi connectivity index (χ0v) is 8.96. The molecule has 3 nitrogen and oxygen atoms in total. The standard InChI is InChI=1S/C11H8FNO2S/c12-6-1-2-7(11(14)15)8(5-6)9-3-4-10(16)13-9/h1-5,13,16H,(H,14,15). The van der Waals surface area contributed by atoms with Crippen LogP contribution in [-0.4, -0.2) is 16.1 Å². The maximum absolute atomic E-state index is 13.1. The van der Waals surface area contributed by atoms with Crippen LogP contribution in [0.1, 0.15) is 10.4 Å². The zero-order valence-electron chi connectivity index (χ0n) is 8.07. The number of carboxylic acid groups (broad SMARTS) is 1. The van der Waals surface area contributed by atoms with E-state index in [-0.39, 0.29) is 5.56 Å². The number of aromatic nitrogens is 1. The molecule has 16 heavy (non-hydrogen) atoms. The molecule has 2 rings (SSSR count). The van der Waals surface area contributed by atoms with Crippen molar-refractivity contribution in [2.24, 2.45) is 0 Å². The minimum atomic E-state index is -1.09. The van der Waals surface area contributed by atoms with Crippen LogP contribution >= 0.6 is 12.6 Å². The highest BCUT2D eigenvalue weighted by molar-refractivity contribution is 7.80. The normalized spacial score (nSPS) is 10.4. The van der Waals surface area contributed by atoms with Gasteiger partial charge in [-0.15, -0.1) is 12.6 Å². The predicted molar refractivity (Wildman–Crippen MR) is 60.4 cm³/mol. The molecule has 0 unspecified atom stereocenters. The van der Waals surface area contributed by atoms with Crippen LogP contribution in [-0.2, 0) is 0 Å². The fraction of sp³-hybridized carbons (Fsp3) is 0. The topological polar surface area (TPSA) is 53.1 Å². The van der Waals surface area contributed by atoms with Gasteiger partial charge in [0.15, 0.2) is 0 Å². The molecule has 1 heterocycles. The van der Waals surface area contributed by atoms with E-state index in [9.17, 15) is 9.18 Å². The quantitative estimate of drug-likeness (QED) is 0.703. The summed E-state index contributed by atoms with van der Waals surface area (Å²) in [6, 6.07) is 6.88. The molecule has 2 N–H and O–H groups in total. The summed E-state index contributed by atoms with van der Waals surface area (Å²) >= 11 is 4.07. The lowest BCUT2D eigenvalue weighted by molar-refractivity contribution is 0.0697. The van der Waals surface area contributed by atoms with Crippen LogP contribution in [0.25, 0.3) is 11.3 Å². The van der Waals surface area contributed by atoms with E-state index in [4.69, 9.17) is 5.11 Å². The van der Waals surface area contributed by atoms with Crippen molar-refractivity contribution in [1.29, 1.82) is 0 Å². The van der Waals surface area contributed by atoms with E-state index in [0.717, 1.165) is 6.07 Å². The van der Waals surface area contributed by atoms with Crippen LogP contribution in [0.15, 0.2) is 35.4 Å². The third-order valence-corrected chi connectivity index (χ3v) is 2.43. The molecule has 0 atom stereocenters. The molecule has 0 saturated heterocycles. The highest BCUT2D eigenvalue weighted by Crippen LogP contribution is 2.25. The summed E-state index contributed by atoms with van der Waals surface area (Å²) in [6.07, 6.45) is 0. The third-order valence-electron chi connectivity index (χ3n) is 2.17. The number of thiol groups is 1. The second-order valence-corrected chi connectivity index (χ2v) is 3.73. The van der Waals surface area contributed by atoms with E-state index in [1.165, 1.54) is 12.1 Å². The highest BCUT2D eigenvalue weighted by atomic mass is 32.1. The second-order valence-electron chi connectivity index (χ2n) is 3.25. The Bertz CT molecular complexity index is 551. The molecule has 5 heteroatoms. The smallest absolute Gasteiger partial charge is 0.336 e. The Morgan fingerprint density at radius 3 is 2.62 bits per heavy atom. The van der Waals surface area contributed by atoms with Crippen LogP contribution in [0.5, 0.6) is 0 Å². The lowest BCUT2D eigenvalue weighted by atomic mass is 10.0. The van der Waals surface area contributed by atoms with E-state index in [0.29, 0.717) is 16.3 Å². The lowest BCUT2D eigenvalue weighted by Crippen LogP contribution is -2.00. The minimum Gasteiger partial charge on any atom is -0.478 e. The summed E-state index contributed by atoms with van der Waals surface area (Å²) in [7, 11) is 0. The Hall–Kier alpha value is -1.75. The first-order valence-electron chi connectivity index (χ1n) is 4.49. The molecule has 0 aliphatic rings. The fourth-order valence-corrected chi connectivity index (χ4v) is 1.66. The SMILES string of the molecule is O=C(O)c1ccc(F)cc1-c1ccc(S)[nH]1. The van der Waals surface area contributed by atoms with Gasteiger partial charge in [-0.25, -0.2) is 9.18 Å². The number of H-pyrrole nitrogens is 1. The largest absolute Gasteiger partial charge is 0.478 e. The van der Waals surface area contributed by atoms with E-state index in [1.807, 2.05) is 0 Å². The maximum Gasteiger partial charge on any atom is 0.336 e. The number of aromatic carboxylic acids is 1. The van der Waals surface area contributed by atoms with E-state index in [2.05, 4.69) is 17.6 Å². The first-order valence-corrected chi connectivity index (χ1v) is 4.94. The van der Waals surface area contributed by atoms with E-state index >= 15 is 0 Å². The van der Waals surface area contributed by atoms with Gasteiger partial charge in [-0.05, 0) is 30.3 Å². The van der Waals surface area contributed by atoms with Crippen molar-refractivity contribution in [1.82, 2.24) is 4.98 Å². The number of carboxylic acids is 1. The average Bonchev–Trinajstić information content (AvgIpc) is 2.64. The molecular weight excluding hydrogens is 229 g/mol. The molecule has 1 aromatic heterocycles. The molecule has 0 aliphatic carbocycles. The van der Waals surface area contributed by atoms with Crippen molar-refractivity contribution in [2.75, 3.05) is 0 Å². The molecule has 0 bridgehead atoms. The van der Waals surface area contributed by atoms with Gasteiger partial charge in [-0.1, -0.05) is 0 Å². The van der Waals surface area contributed by atoms with Crippen LogP contribution in [0.4, 0.5) is 4.39 Å². The van der Waals surface area contributed by atoms with E-state index in [1.54, 1.807) is 12.1 Å². The zero-order chi connectivity index (χ0) is 11.7. The lowest BCUT2D eigenvalue weighted by Gasteiger charge is -2.04. The van der Waals surface area contributed by atoms with Crippen LogP contribution in [0.2, 0.25) is 0 Å². The summed E-state index contributed by atoms with van der Waals surface area (Å²) < 4.78 is 13.1. The molecule has 1 aromatic carbocycles. The molecule has 0 radical (unpaired) electrons. The Kier molecular flexibility index (Phi) is 2.70. The Morgan fingerprint density at radius 1 is 1.31 bits per heavy atom. The first-order chi connectivity index (χ1) is 7.58. The van der Waals surface area contributed by atoms with Crippen molar-refractivity contribution in [3.05, 3.63) is 41.7 Å². The molecule has 0 aliphatic heterocycles. The number of hydrogen-bond acceptors (Lipinski definition) is 2. The van der Waals surface area contributed by atoms with Gasteiger partial charge in [-0.2, -0.15) is 0 Å². The maximum atomic E-state index is 13.1. The molecule has 0 fully saturated rings. The Balaban J connectivity index is 2.62. The first kappa shape index (κ1) is 10.8. The predicted octanol–water partition coefficient (Wildman–Crippen LogP) is 2.81. The summed E-state index contributed by atoms with van der Waals surface area (Å²) in [6.45, 7) is 0. The summed E-state index contributed by atoms with van der Waals surface area (Å²) in [5.41, 5.74) is 0.895. The molecular formula is C11H8FNO2S. The van der Waals surface area contributed by atoms with E-state index < -0.39 is 11.8 Å². The summed E-state index contributed by atoms with van der Waals surface area (Å²) in [5, 5.41) is 9.56. The number of aromatic amines is 1. The summed E-state index contributed by atoms with van der Waals surface area (Å²) in [5.74, 6) is -1.57. The number of nitrogens with one attached hydrogen (secondary N) is 1. The van der Waals surface area contributed by atoms with Crippen molar-refractivity contribution in [3.63, 3.8) is 0 Å². The van der Waals surface area contributed by atoms with Crippen LogP contribution in [0.3, 0.4) is 0 Å². The number of benzene rings is 1. The number of hydrogen-bond donors (Lipinski definition) is 3. The highest BCUT2D eigenvalue weighted by Gasteiger charge is 2.13. The van der Waals surface area contributed by atoms with Gasteiger partial charge < -0.3 is 10.1 Å². The molecule has 0 saturated carbocycles. The summed E-state index contributed by atoms with van der Waals surface area (Å²) in [4.78, 5) is 13.8. The minimum absolute atomic E-state index is 0.0524. The number of rotatable bonds is 2. The van der Waals surface area contributed by atoms with Crippen molar-refractivity contribution < 1.29 is 14.3 Å². The van der Waals surface area contributed by atoms with Gasteiger partial charge in [0.1, 0.15) is 5.82 Å². The van der Waals surface area contributed by atoms with Crippen molar-refractivity contribution in [3.8, 4) is 11.3 Å². The number of carbonyl (C=O) groups is 1. The van der Waals surface area contributed by atoms with Crippen molar-refractivity contribution in [2.45, 2.75) is 5.03 Å². The molecule has 0 spiro atoms. The van der Waals surface area contributed by atoms with Gasteiger partial charge in [-0.3, -0.25) is 0 Å². The van der Waals surface area contributed by atoms with Gasteiger partial charge in [0.2, 0.25) is 0 Å². The van der Waals surface area contributed by atoms with Crippen molar-refractivity contribution >= 4 is 18.6 Å². The van der Waals surface area contributed by atoms with Gasteiger partial charge in [0, 0.05) is 11.3 Å². The third kappa shape index (κ3) is 1.94. The average molecular weight is 237 g/mol. The number of halogens is 1. The molecule has 2 aromatic rings. The Morgan fingerprint density at radius 2 is 2.06 bits per heavy atom. The van der Waals surface area contributed by atoms with Gasteiger partial charge >= 0.3 is 5.97 Å². The second kappa shape index (κ2) is 4.02. The molecule has 82 valence electrons.